The van der Waals surface area contributed by atoms with E-state index in [2.05, 4.69) is 55.6 Å². The number of hydrogen-bond donors (Lipinski definition) is 0. The fourth-order valence-corrected chi connectivity index (χ4v) is 1.68. The van der Waals surface area contributed by atoms with E-state index in [0.29, 0.717) is 11.3 Å². The van der Waals surface area contributed by atoms with Crippen LogP contribution in [0.25, 0.3) is 0 Å². The molecule has 1 radical (unpaired) electrons. The van der Waals surface area contributed by atoms with Gasteiger partial charge < -0.3 is 4.74 Å². The van der Waals surface area contributed by atoms with Crippen LogP contribution in [0.4, 0.5) is 0 Å². The number of rotatable bonds is 9. The molecule has 0 aromatic rings. The lowest BCUT2D eigenvalue weighted by atomic mass is 9.75. The van der Waals surface area contributed by atoms with E-state index in [4.69, 9.17) is 4.74 Å². The first-order chi connectivity index (χ1) is 7.71. The molecule has 0 aliphatic rings. The van der Waals surface area contributed by atoms with E-state index in [9.17, 15) is 0 Å². The summed E-state index contributed by atoms with van der Waals surface area (Å²) in [5, 5.41) is 0. The van der Waals surface area contributed by atoms with Crippen LogP contribution in [0, 0.1) is 11.3 Å². The summed E-state index contributed by atoms with van der Waals surface area (Å²) in [6, 6.07) is 0. The van der Waals surface area contributed by atoms with Crippen molar-refractivity contribution in [3.8, 4) is 0 Å². The largest absolute Gasteiger partial charge is 0.376 e. The van der Waals surface area contributed by atoms with Crippen LogP contribution in [0.5, 0.6) is 0 Å². The molecule has 0 spiro atoms. The molecule has 101 valence electrons. The lowest BCUT2D eigenvalue weighted by Gasteiger charge is -2.32. The van der Waals surface area contributed by atoms with E-state index in [-0.39, 0.29) is 5.60 Å². The smallest absolute Gasteiger partial charge is 0.105 e. The number of ether oxygens (including phenoxy) is 1. The van der Waals surface area contributed by atoms with E-state index in [1.54, 1.807) is 0 Å². The van der Waals surface area contributed by atoms with Crippen LogP contribution in [-0.2, 0) is 4.74 Å². The van der Waals surface area contributed by atoms with Gasteiger partial charge in [-0.1, -0.05) is 47.3 Å². The van der Waals surface area contributed by atoms with Crippen molar-refractivity contribution in [2.75, 3.05) is 6.61 Å². The van der Waals surface area contributed by atoms with Gasteiger partial charge >= 0.3 is 0 Å². The summed E-state index contributed by atoms with van der Waals surface area (Å²) in [7, 11) is 2.23. The first-order valence-corrected chi connectivity index (χ1v) is 7.13. The zero-order valence-corrected chi connectivity index (χ0v) is 13.1. The van der Waals surface area contributed by atoms with Crippen LogP contribution in [0.15, 0.2) is 0 Å². The molecule has 0 unspecified atom stereocenters. The third-order valence-corrected chi connectivity index (χ3v) is 4.07. The molecular weight excluding hydrogens is 207 g/mol. The van der Waals surface area contributed by atoms with E-state index in [1.807, 2.05) is 0 Å². The van der Waals surface area contributed by atoms with Crippen LogP contribution in [-0.4, -0.2) is 19.5 Å². The standard InChI is InChI=1S/C15H32BO/c1-13(2)14(3,4)10-12-17-15(5,6)9-8-11-16-7/h13H,8-12H2,1-7H3. The number of hydrogen-bond acceptors (Lipinski definition) is 1. The maximum Gasteiger partial charge on any atom is 0.105 e. The van der Waals surface area contributed by atoms with Crippen molar-refractivity contribution in [3.63, 3.8) is 0 Å². The first-order valence-electron chi connectivity index (χ1n) is 7.13. The summed E-state index contributed by atoms with van der Waals surface area (Å²) in [6.45, 7) is 16.7. The molecule has 2 heteroatoms. The summed E-state index contributed by atoms with van der Waals surface area (Å²) in [5.41, 5.74) is 0.420. The highest BCUT2D eigenvalue weighted by molar-refractivity contribution is 6.33. The Balaban J connectivity index is 3.86. The Morgan fingerprint density at radius 3 is 2.12 bits per heavy atom. The van der Waals surface area contributed by atoms with Crippen LogP contribution < -0.4 is 0 Å². The highest BCUT2D eigenvalue weighted by atomic mass is 16.5. The molecule has 0 aromatic carbocycles. The summed E-state index contributed by atoms with van der Waals surface area (Å²) in [4.78, 5) is 0. The van der Waals surface area contributed by atoms with Crippen molar-refractivity contribution in [2.24, 2.45) is 11.3 Å². The maximum atomic E-state index is 6.05. The molecule has 0 bridgehead atoms. The molecule has 0 aromatic heterocycles. The fraction of sp³-hybridized carbons (Fsp3) is 1.00. The SMILES string of the molecule is C[B]CCCC(C)(C)OCCC(C)(C)C(C)C. The molecule has 0 atom stereocenters. The van der Waals surface area contributed by atoms with E-state index in [1.165, 1.54) is 12.7 Å². The minimum Gasteiger partial charge on any atom is -0.376 e. The van der Waals surface area contributed by atoms with Crippen LogP contribution in [0.3, 0.4) is 0 Å². The average molecular weight is 239 g/mol. The molecule has 1 nitrogen and oxygen atoms in total. The molecule has 0 rings (SSSR count). The molecule has 17 heavy (non-hydrogen) atoms. The van der Waals surface area contributed by atoms with Gasteiger partial charge in [-0.25, -0.2) is 0 Å². The van der Waals surface area contributed by atoms with Gasteiger partial charge in [0.25, 0.3) is 0 Å². The van der Waals surface area contributed by atoms with Gasteiger partial charge in [-0.15, -0.1) is 0 Å². The molecule has 0 saturated heterocycles. The normalized spacial score (nSPS) is 13.2. The minimum atomic E-state index is 0.0378. The second-order valence-corrected chi connectivity index (χ2v) is 6.80. The Bertz CT molecular complexity index is 197. The molecule has 0 aliphatic heterocycles. The fourth-order valence-electron chi connectivity index (χ4n) is 1.68. The van der Waals surface area contributed by atoms with Gasteiger partial charge in [0.2, 0.25) is 0 Å². The van der Waals surface area contributed by atoms with Crippen molar-refractivity contribution in [2.45, 2.75) is 79.5 Å². The zero-order chi connectivity index (χ0) is 13.5. The van der Waals surface area contributed by atoms with Crippen molar-refractivity contribution >= 4 is 7.28 Å². The van der Waals surface area contributed by atoms with E-state index >= 15 is 0 Å². The Hall–Kier alpha value is 0.0249. The lowest BCUT2D eigenvalue weighted by molar-refractivity contribution is -0.0383. The predicted molar refractivity (Wildman–Crippen MR) is 78.9 cm³/mol. The highest BCUT2D eigenvalue weighted by Gasteiger charge is 2.24. The molecule has 0 fully saturated rings. The summed E-state index contributed by atoms with van der Waals surface area (Å²) in [6.07, 6.45) is 4.73. The van der Waals surface area contributed by atoms with Crippen molar-refractivity contribution in [1.82, 2.24) is 0 Å². The quantitative estimate of drug-likeness (QED) is 0.414. The van der Waals surface area contributed by atoms with Crippen LogP contribution >= 0.6 is 0 Å². The minimum absolute atomic E-state index is 0.0378. The molecule has 0 aliphatic carbocycles. The highest BCUT2D eigenvalue weighted by Crippen LogP contribution is 2.31. The monoisotopic (exact) mass is 239 g/mol. The Morgan fingerprint density at radius 2 is 1.65 bits per heavy atom. The average Bonchev–Trinajstić information content (AvgIpc) is 2.16. The van der Waals surface area contributed by atoms with Gasteiger partial charge in [0.15, 0.2) is 0 Å². The topological polar surface area (TPSA) is 9.23 Å². The molecule has 0 saturated carbocycles. The van der Waals surface area contributed by atoms with Gasteiger partial charge in [0.05, 0.1) is 5.60 Å². The first kappa shape index (κ1) is 17.0. The molecular formula is C15H32BO. The van der Waals surface area contributed by atoms with Gasteiger partial charge in [-0.3, -0.25) is 0 Å². The van der Waals surface area contributed by atoms with Crippen LogP contribution in [0.2, 0.25) is 13.1 Å². The molecule has 0 heterocycles. The Morgan fingerprint density at radius 1 is 1.06 bits per heavy atom. The third kappa shape index (κ3) is 7.86. The van der Waals surface area contributed by atoms with E-state index < -0.39 is 0 Å². The van der Waals surface area contributed by atoms with Crippen LogP contribution in [0.1, 0.15) is 60.8 Å². The Labute approximate surface area is 110 Å². The second kappa shape index (κ2) is 7.46. The zero-order valence-electron chi connectivity index (χ0n) is 13.1. The maximum absolute atomic E-state index is 6.05. The summed E-state index contributed by atoms with van der Waals surface area (Å²) in [5.74, 6) is 0.712. The van der Waals surface area contributed by atoms with E-state index in [0.717, 1.165) is 19.4 Å². The van der Waals surface area contributed by atoms with Gasteiger partial charge in [0, 0.05) is 6.61 Å². The van der Waals surface area contributed by atoms with Gasteiger partial charge in [-0.2, -0.15) is 0 Å². The van der Waals surface area contributed by atoms with Gasteiger partial charge in [0.1, 0.15) is 7.28 Å². The van der Waals surface area contributed by atoms with Crippen molar-refractivity contribution in [3.05, 3.63) is 0 Å². The third-order valence-electron chi connectivity index (χ3n) is 4.07. The van der Waals surface area contributed by atoms with Crippen molar-refractivity contribution < 1.29 is 4.74 Å². The molecule has 0 amide bonds. The van der Waals surface area contributed by atoms with Gasteiger partial charge in [-0.05, 0) is 38.0 Å². The van der Waals surface area contributed by atoms with Crippen molar-refractivity contribution in [1.29, 1.82) is 0 Å². The second-order valence-electron chi connectivity index (χ2n) is 6.80. The molecule has 0 N–H and O–H groups in total. The summed E-state index contributed by atoms with van der Waals surface area (Å²) >= 11 is 0. The lowest BCUT2D eigenvalue weighted by Crippen LogP contribution is -2.28. The summed E-state index contributed by atoms with van der Waals surface area (Å²) < 4.78 is 6.05. The predicted octanol–water partition coefficient (Wildman–Crippen LogP) is 4.80. The Kier molecular flexibility index (Phi) is 7.47.